The Hall–Kier alpha value is -3.22. The van der Waals surface area contributed by atoms with Gasteiger partial charge in [-0.15, -0.1) is 0 Å². The molecule has 3 rings (SSSR count). The number of aromatic nitrogens is 1. The largest absolute Gasteiger partial charge is 0.461 e. The number of aryl methyl sites for hydroxylation is 1. The topological polar surface area (TPSA) is 94.4 Å². The molecule has 0 radical (unpaired) electrons. The number of nitrogens with one attached hydrogen (secondary N) is 1. The molecule has 0 bridgehead atoms. The number of anilines is 1. The highest BCUT2D eigenvalue weighted by atomic mass is 16.6. The SMILES string of the molecule is CC(=O)OC(C)CNc1c2ccccc2nc2c(C)ccc([N+](=O)[O-])c12. The van der Waals surface area contributed by atoms with E-state index in [9.17, 15) is 14.9 Å². The van der Waals surface area contributed by atoms with Crippen LogP contribution in [0.5, 0.6) is 0 Å². The zero-order valence-electron chi connectivity index (χ0n) is 14.8. The molecule has 0 saturated carbocycles. The molecular weight excluding hydrogens is 334 g/mol. The van der Waals surface area contributed by atoms with E-state index >= 15 is 0 Å². The Labute approximate surface area is 150 Å². The van der Waals surface area contributed by atoms with Crippen molar-refractivity contribution in [2.24, 2.45) is 0 Å². The number of fused-ring (bicyclic) bond motifs is 2. The van der Waals surface area contributed by atoms with Gasteiger partial charge in [-0.3, -0.25) is 14.9 Å². The highest BCUT2D eigenvalue weighted by molar-refractivity contribution is 6.11. The van der Waals surface area contributed by atoms with E-state index in [4.69, 9.17) is 4.74 Å². The number of ether oxygens (including phenoxy) is 1. The number of hydrogen-bond acceptors (Lipinski definition) is 6. The van der Waals surface area contributed by atoms with Gasteiger partial charge < -0.3 is 10.1 Å². The molecule has 7 heteroatoms. The Balaban J connectivity index is 2.23. The van der Waals surface area contributed by atoms with Gasteiger partial charge in [-0.2, -0.15) is 0 Å². The van der Waals surface area contributed by atoms with Crippen molar-refractivity contribution < 1.29 is 14.5 Å². The van der Waals surface area contributed by atoms with Crippen molar-refractivity contribution in [1.82, 2.24) is 4.98 Å². The molecule has 0 saturated heterocycles. The monoisotopic (exact) mass is 353 g/mol. The number of carbonyl (C=O) groups excluding carboxylic acids is 1. The summed E-state index contributed by atoms with van der Waals surface area (Å²) in [6, 6.07) is 10.7. The minimum Gasteiger partial charge on any atom is -0.461 e. The number of pyridine rings is 1. The molecule has 0 aliphatic carbocycles. The Morgan fingerprint density at radius 3 is 2.73 bits per heavy atom. The Bertz CT molecular complexity index is 1020. The first-order valence-corrected chi connectivity index (χ1v) is 8.26. The van der Waals surface area contributed by atoms with Gasteiger partial charge in [0.05, 0.1) is 28.2 Å². The van der Waals surface area contributed by atoms with Crippen LogP contribution in [0.2, 0.25) is 0 Å². The number of rotatable bonds is 5. The number of para-hydroxylation sites is 1. The molecule has 0 aliphatic heterocycles. The van der Waals surface area contributed by atoms with Crippen LogP contribution in [0, 0.1) is 17.0 Å². The third kappa shape index (κ3) is 3.28. The summed E-state index contributed by atoms with van der Waals surface area (Å²) in [7, 11) is 0. The number of esters is 1. The Morgan fingerprint density at radius 1 is 1.31 bits per heavy atom. The normalized spacial score (nSPS) is 12.1. The molecule has 1 atom stereocenters. The molecule has 1 unspecified atom stereocenters. The predicted octanol–water partition coefficient (Wildman–Crippen LogP) is 3.97. The highest BCUT2D eigenvalue weighted by Gasteiger charge is 2.21. The zero-order valence-corrected chi connectivity index (χ0v) is 14.8. The van der Waals surface area contributed by atoms with Crippen LogP contribution in [-0.4, -0.2) is 28.5 Å². The van der Waals surface area contributed by atoms with Gasteiger partial charge in [0.15, 0.2) is 0 Å². The number of benzene rings is 2. The molecule has 1 aromatic heterocycles. The lowest BCUT2D eigenvalue weighted by atomic mass is 10.0. The molecule has 2 aromatic carbocycles. The average Bonchev–Trinajstić information content (AvgIpc) is 2.58. The first-order chi connectivity index (χ1) is 12.4. The second kappa shape index (κ2) is 6.95. The Morgan fingerprint density at radius 2 is 2.04 bits per heavy atom. The van der Waals surface area contributed by atoms with E-state index < -0.39 is 4.92 Å². The van der Waals surface area contributed by atoms with Gasteiger partial charge in [0.1, 0.15) is 11.5 Å². The summed E-state index contributed by atoms with van der Waals surface area (Å²) in [4.78, 5) is 26.9. The van der Waals surface area contributed by atoms with E-state index in [1.807, 2.05) is 31.2 Å². The lowest BCUT2D eigenvalue weighted by Gasteiger charge is -2.17. The van der Waals surface area contributed by atoms with E-state index in [1.165, 1.54) is 13.0 Å². The van der Waals surface area contributed by atoms with E-state index in [1.54, 1.807) is 13.0 Å². The van der Waals surface area contributed by atoms with Gasteiger partial charge >= 0.3 is 5.97 Å². The van der Waals surface area contributed by atoms with Gasteiger partial charge in [-0.05, 0) is 25.5 Å². The summed E-state index contributed by atoms with van der Waals surface area (Å²) in [6.45, 7) is 5.31. The lowest BCUT2D eigenvalue weighted by Crippen LogP contribution is -2.22. The van der Waals surface area contributed by atoms with Crippen LogP contribution >= 0.6 is 0 Å². The molecule has 0 fully saturated rings. The van der Waals surface area contributed by atoms with Gasteiger partial charge in [-0.25, -0.2) is 4.98 Å². The predicted molar refractivity (Wildman–Crippen MR) is 100 cm³/mol. The highest BCUT2D eigenvalue weighted by Crippen LogP contribution is 2.37. The molecule has 0 aliphatic rings. The molecule has 0 amide bonds. The molecule has 134 valence electrons. The molecule has 1 heterocycles. The van der Waals surface area contributed by atoms with Gasteiger partial charge in [0.25, 0.3) is 5.69 Å². The van der Waals surface area contributed by atoms with Crippen LogP contribution < -0.4 is 5.32 Å². The summed E-state index contributed by atoms with van der Waals surface area (Å²) >= 11 is 0. The van der Waals surface area contributed by atoms with E-state index in [0.717, 1.165) is 16.5 Å². The number of nitro benzene ring substituents is 1. The second-order valence-corrected chi connectivity index (χ2v) is 6.19. The van der Waals surface area contributed by atoms with Crippen LogP contribution in [0.4, 0.5) is 11.4 Å². The average molecular weight is 353 g/mol. The summed E-state index contributed by atoms with van der Waals surface area (Å²) in [5.41, 5.74) is 2.80. The van der Waals surface area contributed by atoms with Gasteiger partial charge in [-0.1, -0.05) is 24.3 Å². The number of hydrogen-bond donors (Lipinski definition) is 1. The van der Waals surface area contributed by atoms with Crippen molar-refractivity contribution in [2.75, 3.05) is 11.9 Å². The van der Waals surface area contributed by atoms with E-state index in [-0.39, 0.29) is 17.8 Å². The summed E-state index contributed by atoms with van der Waals surface area (Å²) in [5, 5.41) is 16.1. The van der Waals surface area contributed by atoms with E-state index in [2.05, 4.69) is 10.3 Å². The summed E-state index contributed by atoms with van der Waals surface area (Å²) in [6.07, 6.45) is -0.377. The molecule has 26 heavy (non-hydrogen) atoms. The van der Waals surface area contributed by atoms with Crippen LogP contribution in [0.1, 0.15) is 19.4 Å². The number of nitro groups is 1. The van der Waals surface area contributed by atoms with Crippen LogP contribution in [0.3, 0.4) is 0 Å². The van der Waals surface area contributed by atoms with Crippen LogP contribution in [0.25, 0.3) is 21.8 Å². The molecular formula is C19H19N3O4. The third-order valence-corrected chi connectivity index (χ3v) is 4.14. The maximum atomic E-state index is 11.6. The quantitative estimate of drug-likeness (QED) is 0.323. The van der Waals surface area contributed by atoms with Crippen molar-refractivity contribution in [3.8, 4) is 0 Å². The van der Waals surface area contributed by atoms with Crippen molar-refractivity contribution >= 4 is 39.1 Å². The fourth-order valence-corrected chi connectivity index (χ4v) is 3.02. The first-order valence-electron chi connectivity index (χ1n) is 8.26. The smallest absolute Gasteiger partial charge is 0.302 e. The fourth-order valence-electron chi connectivity index (χ4n) is 3.02. The fraction of sp³-hybridized carbons (Fsp3) is 0.263. The third-order valence-electron chi connectivity index (χ3n) is 4.14. The molecule has 0 spiro atoms. The maximum Gasteiger partial charge on any atom is 0.302 e. The zero-order chi connectivity index (χ0) is 18.8. The van der Waals surface area contributed by atoms with Crippen molar-refractivity contribution in [1.29, 1.82) is 0 Å². The summed E-state index contributed by atoms with van der Waals surface area (Å²) < 4.78 is 5.15. The number of non-ortho nitro benzene ring substituents is 1. The van der Waals surface area contributed by atoms with Crippen LogP contribution in [-0.2, 0) is 9.53 Å². The lowest BCUT2D eigenvalue weighted by molar-refractivity contribution is -0.383. The van der Waals surface area contributed by atoms with Crippen molar-refractivity contribution in [3.63, 3.8) is 0 Å². The second-order valence-electron chi connectivity index (χ2n) is 6.19. The van der Waals surface area contributed by atoms with Gasteiger partial charge in [0.2, 0.25) is 0 Å². The molecule has 7 nitrogen and oxygen atoms in total. The minimum absolute atomic E-state index is 0.00788. The first kappa shape index (κ1) is 17.6. The Kier molecular flexibility index (Phi) is 4.71. The number of nitrogens with zero attached hydrogens (tertiary/aromatic N) is 2. The van der Waals surface area contributed by atoms with Crippen molar-refractivity contribution in [3.05, 3.63) is 52.1 Å². The number of carbonyl (C=O) groups is 1. The maximum absolute atomic E-state index is 11.6. The van der Waals surface area contributed by atoms with Gasteiger partial charge in [0, 0.05) is 18.4 Å². The van der Waals surface area contributed by atoms with E-state index in [0.29, 0.717) is 23.1 Å². The standard InChI is InChI=1S/C19H19N3O4/c1-11-8-9-16(22(24)25)17-18(11)21-15-7-5-4-6-14(15)19(17)20-10-12(2)26-13(3)23/h4-9,12H,10H2,1-3H3,(H,20,21). The summed E-state index contributed by atoms with van der Waals surface area (Å²) in [5.74, 6) is -0.370. The van der Waals surface area contributed by atoms with Crippen LogP contribution in [0.15, 0.2) is 36.4 Å². The minimum atomic E-state index is -0.404. The molecule has 1 N–H and O–H groups in total. The van der Waals surface area contributed by atoms with Crippen molar-refractivity contribution in [2.45, 2.75) is 26.9 Å². The molecule has 3 aromatic rings.